The maximum atomic E-state index is 13.4. The molecule has 1 aliphatic heterocycles. The molecule has 0 aliphatic carbocycles. The van der Waals surface area contributed by atoms with Gasteiger partial charge in [0.1, 0.15) is 12.1 Å². The van der Waals surface area contributed by atoms with Gasteiger partial charge in [-0.1, -0.05) is 12.1 Å². The number of nitrogens with zero attached hydrogens (tertiary/aromatic N) is 5. The summed E-state index contributed by atoms with van der Waals surface area (Å²) in [4.78, 5) is 23.7. The van der Waals surface area contributed by atoms with Crippen LogP contribution in [0.2, 0.25) is 0 Å². The molecule has 29 heavy (non-hydrogen) atoms. The molecule has 1 fully saturated rings. The molecule has 2 aromatic carbocycles. The Balaban J connectivity index is 1.43. The number of halogens is 1. The molecule has 5 rings (SSSR count). The van der Waals surface area contributed by atoms with E-state index in [1.807, 2.05) is 24.0 Å². The van der Waals surface area contributed by atoms with Gasteiger partial charge in [-0.2, -0.15) is 10.1 Å². The SMILES string of the molecule is Cc1cc(C2CCCN(C(=O)c3ccc4cc(F)ccc4c3)C2)n2ncnc2n1. The third-order valence-corrected chi connectivity index (χ3v) is 5.58. The first kappa shape index (κ1) is 17.7. The topological polar surface area (TPSA) is 63.4 Å². The third kappa shape index (κ3) is 3.22. The molecular weight excluding hydrogens is 369 g/mol. The number of aromatic nitrogens is 4. The van der Waals surface area contributed by atoms with Crippen molar-refractivity contribution < 1.29 is 9.18 Å². The number of carbonyl (C=O) groups excluding carboxylic acids is 1. The first-order valence-electron chi connectivity index (χ1n) is 9.74. The molecule has 4 aromatic rings. The van der Waals surface area contributed by atoms with E-state index in [0.29, 0.717) is 17.9 Å². The van der Waals surface area contributed by atoms with Crippen LogP contribution in [0.3, 0.4) is 0 Å². The molecule has 146 valence electrons. The number of piperidine rings is 1. The van der Waals surface area contributed by atoms with E-state index >= 15 is 0 Å². The summed E-state index contributed by atoms with van der Waals surface area (Å²) in [6.45, 7) is 3.29. The highest BCUT2D eigenvalue weighted by molar-refractivity contribution is 5.98. The summed E-state index contributed by atoms with van der Waals surface area (Å²) in [6.07, 6.45) is 3.42. The van der Waals surface area contributed by atoms with Gasteiger partial charge in [0.05, 0.1) is 5.69 Å². The molecule has 1 saturated heterocycles. The van der Waals surface area contributed by atoms with Crippen molar-refractivity contribution >= 4 is 22.5 Å². The van der Waals surface area contributed by atoms with Crippen LogP contribution in [0.4, 0.5) is 4.39 Å². The van der Waals surface area contributed by atoms with E-state index in [2.05, 4.69) is 15.1 Å². The molecule has 1 amide bonds. The van der Waals surface area contributed by atoms with Gasteiger partial charge in [-0.15, -0.1) is 0 Å². The fourth-order valence-electron chi connectivity index (χ4n) is 4.18. The fraction of sp³-hybridized carbons (Fsp3) is 0.273. The molecule has 6 nitrogen and oxygen atoms in total. The summed E-state index contributed by atoms with van der Waals surface area (Å²) in [6, 6.07) is 12.1. The summed E-state index contributed by atoms with van der Waals surface area (Å²) >= 11 is 0. The van der Waals surface area contributed by atoms with Crippen LogP contribution in [-0.4, -0.2) is 43.5 Å². The first-order valence-corrected chi connectivity index (χ1v) is 9.74. The zero-order valence-electron chi connectivity index (χ0n) is 16.0. The van der Waals surface area contributed by atoms with Gasteiger partial charge in [-0.05, 0) is 60.9 Å². The molecule has 1 aliphatic rings. The van der Waals surface area contributed by atoms with Crippen LogP contribution in [-0.2, 0) is 0 Å². The molecule has 0 saturated carbocycles. The minimum absolute atomic E-state index is 0.00142. The van der Waals surface area contributed by atoms with E-state index < -0.39 is 0 Å². The van der Waals surface area contributed by atoms with Crippen molar-refractivity contribution in [1.29, 1.82) is 0 Å². The summed E-state index contributed by atoms with van der Waals surface area (Å²) in [5.74, 6) is 0.488. The van der Waals surface area contributed by atoms with Crippen LogP contribution in [0.5, 0.6) is 0 Å². The van der Waals surface area contributed by atoms with Crippen LogP contribution >= 0.6 is 0 Å². The van der Waals surface area contributed by atoms with Crippen molar-refractivity contribution in [2.45, 2.75) is 25.7 Å². The number of hydrogen-bond donors (Lipinski definition) is 0. The number of carbonyl (C=O) groups is 1. The van der Waals surface area contributed by atoms with Crippen molar-refractivity contribution in [2.24, 2.45) is 0 Å². The molecular formula is C22H20FN5O. The van der Waals surface area contributed by atoms with E-state index in [-0.39, 0.29) is 17.6 Å². The Bertz CT molecular complexity index is 1230. The Labute approximate surface area is 167 Å². The Morgan fingerprint density at radius 3 is 2.86 bits per heavy atom. The summed E-state index contributed by atoms with van der Waals surface area (Å²) < 4.78 is 15.2. The standard InChI is InChI=1S/C22H20FN5O/c1-14-9-20(28-22(26-14)24-13-25-28)18-3-2-8-27(12-18)21(29)17-5-4-16-11-19(23)7-6-15(16)10-17/h4-7,9-11,13,18H,2-3,8,12H2,1H3. The summed E-state index contributed by atoms with van der Waals surface area (Å²) in [5, 5.41) is 5.96. The van der Waals surface area contributed by atoms with Gasteiger partial charge < -0.3 is 4.90 Å². The molecule has 0 bridgehead atoms. The van der Waals surface area contributed by atoms with Gasteiger partial charge in [-0.3, -0.25) is 4.79 Å². The second-order valence-electron chi connectivity index (χ2n) is 7.59. The zero-order chi connectivity index (χ0) is 20.0. The number of benzene rings is 2. The van der Waals surface area contributed by atoms with Crippen LogP contribution in [0, 0.1) is 12.7 Å². The average molecular weight is 389 g/mol. The molecule has 1 atom stereocenters. The number of likely N-dealkylation sites (tertiary alicyclic amines) is 1. The monoisotopic (exact) mass is 389 g/mol. The van der Waals surface area contributed by atoms with Gasteiger partial charge in [0.25, 0.3) is 11.7 Å². The van der Waals surface area contributed by atoms with Crippen molar-refractivity contribution in [3.8, 4) is 0 Å². The van der Waals surface area contributed by atoms with Crippen LogP contribution in [0.1, 0.15) is 40.5 Å². The zero-order valence-corrected chi connectivity index (χ0v) is 16.0. The number of aryl methyl sites for hydroxylation is 1. The second-order valence-corrected chi connectivity index (χ2v) is 7.59. The lowest BCUT2D eigenvalue weighted by atomic mass is 9.93. The Kier molecular flexibility index (Phi) is 4.23. The maximum absolute atomic E-state index is 13.4. The molecule has 0 radical (unpaired) electrons. The average Bonchev–Trinajstić information content (AvgIpc) is 3.20. The Morgan fingerprint density at radius 2 is 1.97 bits per heavy atom. The van der Waals surface area contributed by atoms with Crippen LogP contribution in [0.15, 0.2) is 48.8 Å². The highest BCUT2D eigenvalue weighted by Crippen LogP contribution is 2.28. The maximum Gasteiger partial charge on any atom is 0.253 e. The molecule has 3 heterocycles. The quantitative estimate of drug-likeness (QED) is 0.524. The summed E-state index contributed by atoms with van der Waals surface area (Å²) in [5.41, 5.74) is 2.56. The highest BCUT2D eigenvalue weighted by atomic mass is 19.1. The third-order valence-electron chi connectivity index (χ3n) is 5.58. The lowest BCUT2D eigenvalue weighted by Gasteiger charge is -2.33. The molecule has 1 unspecified atom stereocenters. The predicted octanol–water partition coefficient (Wildman–Crippen LogP) is 3.74. The smallest absolute Gasteiger partial charge is 0.253 e. The van der Waals surface area contributed by atoms with Gasteiger partial charge in [0.2, 0.25) is 0 Å². The van der Waals surface area contributed by atoms with Crippen molar-refractivity contribution in [3.05, 3.63) is 71.6 Å². The van der Waals surface area contributed by atoms with E-state index in [1.165, 1.54) is 18.5 Å². The van der Waals surface area contributed by atoms with Crippen molar-refractivity contribution in [1.82, 2.24) is 24.5 Å². The van der Waals surface area contributed by atoms with Crippen molar-refractivity contribution in [3.63, 3.8) is 0 Å². The van der Waals surface area contributed by atoms with E-state index in [1.54, 1.807) is 22.7 Å². The first-order chi connectivity index (χ1) is 14.1. The highest BCUT2D eigenvalue weighted by Gasteiger charge is 2.27. The molecule has 7 heteroatoms. The minimum Gasteiger partial charge on any atom is -0.338 e. The lowest BCUT2D eigenvalue weighted by molar-refractivity contribution is 0.0705. The van der Waals surface area contributed by atoms with E-state index in [9.17, 15) is 9.18 Å². The number of hydrogen-bond acceptors (Lipinski definition) is 4. The minimum atomic E-state index is -0.275. The second kappa shape index (κ2) is 6.92. The summed E-state index contributed by atoms with van der Waals surface area (Å²) in [7, 11) is 0. The number of amides is 1. The number of rotatable bonds is 2. The van der Waals surface area contributed by atoms with Gasteiger partial charge >= 0.3 is 0 Å². The van der Waals surface area contributed by atoms with Gasteiger partial charge in [-0.25, -0.2) is 13.9 Å². The predicted molar refractivity (Wildman–Crippen MR) is 107 cm³/mol. The van der Waals surface area contributed by atoms with Crippen LogP contribution in [0.25, 0.3) is 16.6 Å². The normalized spacial score (nSPS) is 17.2. The van der Waals surface area contributed by atoms with Gasteiger partial charge in [0.15, 0.2) is 0 Å². The Hall–Kier alpha value is -3.35. The van der Waals surface area contributed by atoms with Crippen molar-refractivity contribution in [2.75, 3.05) is 13.1 Å². The largest absolute Gasteiger partial charge is 0.338 e. The molecule has 0 N–H and O–H groups in total. The molecule has 0 spiro atoms. The van der Waals surface area contributed by atoms with E-state index in [4.69, 9.17) is 0 Å². The molecule has 2 aromatic heterocycles. The Morgan fingerprint density at radius 1 is 1.14 bits per heavy atom. The van der Waals surface area contributed by atoms with E-state index in [0.717, 1.165) is 41.5 Å². The number of fused-ring (bicyclic) bond motifs is 2. The van der Waals surface area contributed by atoms with Crippen LogP contribution < -0.4 is 0 Å². The lowest BCUT2D eigenvalue weighted by Crippen LogP contribution is -2.39. The van der Waals surface area contributed by atoms with Gasteiger partial charge in [0, 0.05) is 30.3 Å². The fourth-order valence-corrected chi connectivity index (χ4v) is 4.18.